The zero-order valence-electron chi connectivity index (χ0n) is 21.5. The third kappa shape index (κ3) is 3.36. The molecule has 2 heterocycles. The molecule has 8 nitrogen and oxygen atoms in total. The van der Waals surface area contributed by atoms with Gasteiger partial charge in [-0.05, 0) is 47.2 Å². The number of ether oxygens (including phenoxy) is 1. The van der Waals surface area contributed by atoms with Crippen molar-refractivity contribution in [2.75, 3.05) is 19.7 Å². The fourth-order valence-electron chi connectivity index (χ4n) is 6.64. The van der Waals surface area contributed by atoms with Crippen LogP contribution in [-0.4, -0.2) is 59.2 Å². The number of hydrogen-bond donors (Lipinski definition) is 0. The van der Waals surface area contributed by atoms with Crippen LogP contribution in [0.2, 0.25) is 0 Å². The number of carbonyl (C=O) groups is 4. The van der Waals surface area contributed by atoms with Gasteiger partial charge in [0.15, 0.2) is 0 Å². The van der Waals surface area contributed by atoms with E-state index < -0.39 is 41.5 Å². The maximum atomic E-state index is 16.6. The summed E-state index contributed by atoms with van der Waals surface area (Å²) < 4.78 is 22.3. The number of amides is 3. The topological polar surface area (TPSA) is 93.2 Å². The van der Waals surface area contributed by atoms with Crippen molar-refractivity contribution in [1.29, 1.82) is 0 Å². The van der Waals surface area contributed by atoms with Crippen molar-refractivity contribution in [3.63, 3.8) is 0 Å². The molecule has 202 valence electrons. The molecule has 1 spiro atoms. The van der Waals surface area contributed by atoms with Crippen LogP contribution in [0.5, 0.6) is 0 Å². The first-order valence-corrected chi connectivity index (χ1v) is 13.3. The summed E-state index contributed by atoms with van der Waals surface area (Å²) in [6, 6.07) is 22.0. The minimum Gasteiger partial charge on any atom is -0.448 e. The highest BCUT2D eigenvalue weighted by atomic mass is 19.1. The largest absolute Gasteiger partial charge is 0.448 e. The number of nitrogens with zero attached hydrogens (tertiary/aromatic N) is 2. The van der Waals surface area contributed by atoms with E-state index in [9.17, 15) is 19.2 Å². The first-order valence-electron chi connectivity index (χ1n) is 13.3. The number of imide groups is 1. The van der Waals surface area contributed by atoms with E-state index in [0.29, 0.717) is 24.3 Å². The molecule has 2 aliphatic heterocycles. The molecule has 0 aromatic heterocycles. The molecule has 3 aromatic carbocycles. The molecular formula is C31H25FN2O6. The van der Waals surface area contributed by atoms with Crippen molar-refractivity contribution in [1.82, 2.24) is 9.96 Å². The molecular weight excluding hydrogens is 515 g/mol. The predicted molar refractivity (Wildman–Crippen MR) is 140 cm³/mol. The lowest BCUT2D eigenvalue weighted by Crippen LogP contribution is -2.56. The van der Waals surface area contributed by atoms with Crippen LogP contribution in [0.3, 0.4) is 0 Å². The van der Waals surface area contributed by atoms with E-state index in [1.807, 2.05) is 48.5 Å². The van der Waals surface area contributed by atoms with Crippen LogP contribution in [0.25, 0.3) is 11.1 Å². The summed E-state index contributed by atoms with van der Waals surface area (Å²) >= 11 is 0. The van der Waals surface area contributed by atoms with Crippen molar-refractivity contribution in [3.8, 4) is 11.1 Å². The standard InChI is InChI=1S/C31H25FN2O6/c32-31(28(37)40-34-26(35)23-12-5-6-13-24(23)27(34)36)18-33(17-30(31)14-7-15-30)29(38)39-16-25-21-10-3-1-8-19(21)20-9-2-4-11-22(20)25/h1-6,8-13,25H,7,14-18H2. The van der Waals surface area contributed by atoms with E-state index in [0.717, 1.165) is 22.3 Å². The molecule has 3 amide bonds. The Balaban J connectivity index is 1.07. The molecule has 1 saturated carbocycles. The zero-order valence-corrected chi connectivity index (χ0v) is 21.5. The van der Waals surface area contributed by atoms with Gasteiger partial charge in [0.2, 0.25) is 5.67 Å². The lowest BCUT2D eigenvalue weighted by atomic mass is 9.61. The lowest BCUT2D eigenvalue weighted by molar-refractivity contribution is -0.193. The third-order valence-corrected chi connectivity index (χ3v) is 8.90. The van der Waals surface area contributed by atoms with Crippen LogP contribution in [0.1, 0.15) is 57.0 Å². The molecule has 9 heteroatoms. The summed E-state index contributed by atoms with van der Waals surface area (Å²) in [6.07, 6.45) is 0.702. The van der Waals surface area contributed by atoms with Gasteiger partial charge in [-0.25, -0.2) is 14.0 Å². The molecule has 2 fully saturated rings. The molecule has 0 N–H and O–H groups in total. The zero-order chi connectivity index (χ0) is 27.6. The summed E-state index contributed by atoms with van der Waals surface area (Å²) in [5, 5.41) is 0.316. The van der Waals surface area contributed by atoms with E-state index in [1.165, 1.54) is 17.0 Å². The van der Waals surface area contributed by atoms with Crippen LogP contribution >= 0.6 is 0 Å². The Morgan fingerprint density at radius 2 is 1.32 bits per heavy atom. The quantitative estimate of drug-likeness (QED) is 0.438. The first kappa shape index (κ1) is 24.5. The lowest BCUT2D eigenvalue weighted by Gasteiger charge is -2.44. The SMILES string of the molecule is O=C(OCC1c2ccccc2-c2ccccc21)N1CC2(CCC2)C(F)(C(=O)ON2C(=O)c3ccccc3C2=O)C1. The minimum atomic E-state index is -2.59. The van der Waals surface area contributed by atoms with Gasteiger partial charge >= 0.3 is 12.1 Å². The van der Waals surface area contributed by atoms with Gasteiger partial charge in [0, 0.05) is 17.9 Å². The van der Waals surface area contributed by atoms with Crippen molar-refractivity contribution >= 4 is 23.9 Å². The Kier molecular flexibility index (Phi) is 5.35. The fourth-order valence-corrected chi connectivity index (χ4v) is 6.64. The first-order chi connectivity index (χ1) is 19.3. The van der Waals surface area contributed by atoms with Gasteiger partial charge in [-0.15, -0.1) is 0 Å². The normalized spacial score (nSPS) is 22.1. The minimum absolute atomic E-state index is 0.0165. The summed E-state index contributed by atoms with van der Waals surface area (Å²) in [6.45, 7) is -0.530. The predicted octanol–water partition coefficient (Wildman–Crippen LogP) is 4.88. The third-order valence-electron chi connectivity index (χ3n) is 8.90. The molecule has 1 unspecified atom stereocenters. The van der Waals surface area contributed by atoms with Gasteiger partial charge in [0.05, 0.1) is 17.7 Å². The molecule has 7 rings (SSSR count). The fraction of sp³-hybridized carbons (Fsp3) is 0.290. The number of alkyl halides is 1. The van der Waals surface area contributed by atoms with Gasteiger partial charge < -0.3 is 14.5 Å². The van der Waals surface area contributed by atoms with Gasteiger partial charge in [-0.2, -0.15) is 0 Å². The Hall–Kier alpha value is -4.53. The number of carbonyl (C=O) groups excluding carboxylic acids is 4. The van der Waals surface area contributed by atoms with Crippen LogP contribution in [0.4, 0.5) is 9.18 Å². The number of hydroxylamine groups is 2. The van der Waals surface area contributed by atoms with Gasteiger partial charge in [-0.1, -0.05) is 72.1 Å². The maximum absolute atomic E-state index is 16.6. The van der Waals surface area contributed by atoms with E-state index in [2.05, 4.69) is 0 Å². The Morgan fingerprint density at radius 1 is 0.800 bits per heavy atom. The smallest absolute Gasteiger partial charge is 0.409 e. The molecule has 4 aliphatic rings. The maximum Gasteiger partial charge on any atom is 0.409 e. The number of fused-ring (bicyclic) bond motifs is 4. The van der Waals surface area contributed by atoms with E-state index >= 15 is 4.39 Å². The average molecular weight is 541 g/mol. The number of halogens is 1. The Morgan fingerprint density at radius 3 is 1.85 bits per heavy atom. The highest BCUT2D eigenvalue weighted by Crippen LogP contribution is 2.56. The summed E-state index contributed by atoms with van der Waals surface area (Å²) in [7, 11) is 0. The highest BCUT2D eigenvalue weighted by molar-refractivity contribution is 6.21. The van der Waals surface area contributed by atoms with Gasteiger partial charge in [0.1, 0.15) is 6.61 Å². The van der Waals surface area contributed by atoms with Crippen molar-refractivity contribution in [2.45, 2.75) is 30.8 Å². The number of likely N-dealkylation sites (tertiary alicyclic amines) is 1. The van der Waals surface area contributed by atoms with E-state index in [1.54, 1.807) is 12.1 Å². The van der Waals surface area contributed by atoms with Crippen LogP contribution in [0, 0.1) is 5.41 Å². The molecule has 0 radical (unpaired) electrons. The second-order valence-corrected chi connectivity index (χ2v) is 10.9. The van der Waals surface area contributed by atoms with Gasteiger partial charge in [-0.3, -0.25) is 9.59 Å². The van der Waals surface area contributed by atoms with Crippen LogP contribution < -0.4 is 0 Å². The van der Waals surface area contributed by atoms with Gasteiger partial charge in [0.25, 0.3) is 11.8 Å². The Bertz CT molecular complexity index is 1520. The number of rotatable bonds is 4. The van der Waals surface area contributed by atoms with Crippen molar-refractivity contribution < 1.29 is 33.1 Å². The molecule has 40 heavy (non-hydrogen) atoms. The van der Waals surface area contributed by atoms with Crippen LogP contribution in [0.15, 0.2) is 72.8 Å². The molecule has 1 saturated heterocycles. The average Bonchev–Trinajstić information content (AvgIpc) is 3.55. The van der Waals surface area contributed by atoms with E-state index in [4.69, 9.17) is 9.57 Å². The second-order valence-electron chi connectivity index (χ2n) is 10.9. The summed E-state index contributed by atoms with van der Waals surface area (Å²) in [4.78, 5) is 58.2. The number of hydrogen-bond acceptors (Lipinski definition) is 6. The monoisotopic (exact) mass is 540 g/mol. The van der Waals surface area contributed by atoms with Crippen LogP contribution in [-0.2, 0) is 14.4 Å². The highest BCUT2D eigenvalue weighted by Gasteiger charge is 2.68. The Labute approximate surface area is 229 Å². The van der Waals surface area contributed by atoms with Crippen molar-refractivity contribution in [2.24, 2.45) is 5.41 Å². The van der Waals surface area contributed by atoms with Crippen molar-refractivity contribution in [3.05, 3.63) is 95.1 Å². The van der Waals surface area contributed by atoms with E-state index in [-0.39, 0.29) is 30.2 Å². The summed E-state index contributed by atoms with van der Waals surface area (Å²) in [5.74, 6) is -3.17. The number of benzene rings is 3. The molecule has 3 aromatic rings. The second kappa shape index (κ2) is 8.74. The molecule has 1 atom stereocenters. The summed E-state index contributed by atoms with van der Waals surface area (Å²) in [5.41, 5.74) is 0.701. The molecule has 0 bridgehead atoms. The molecule has 2 aliphatic carbocycles.